The molecule has 0 fully saturated rings. The molecule has 5 heteroatoms. The second-order valence-electron chi connectivity index (χ2n) is 5.65. The summed E-state index contributed by atoms with van der Waals surface area (Å²) >= 11 is 0. The number of ketones is 1. The van der Waals surface area contributed by atoms with Crippen LogP contribution in [0.25, 0.3) is 0 Å². The summed E-state index contributed by atoms with van der Waals surface area (Å²) in [5, 5.41) is 10.0. The molecule has 0 radical (unpaired) electrons. The molecule has 122 valence electrons. The van der Waals surface area contributed by atoms with Gasteiger partial charge in [0.05, 0.1) is 5.56 Å². The van der Waals surface area contributed by atoms with Crippen molar-refractivity contribution in [2.75, 3.05) is 0 Å². The summed E-state index contributed by atoms with van der Waals surface area (Å²) in [5.74, 6) is -0.482. The average Bonchev–Trinajstić information content (AvgIpc) is 2.83. The van der Waals surface area contributed by atoms with Crippen molar-refractivity contribution in [3.63, 3.8) is 0 Å². The molecule has 1 N–H and O–H groups in total. The first-order valence-electron chi connectivity index (χ1n) is 7.30. The van der Waals surface area contributed by atoms with Crippen LogP contribution in [0.5, 0.6) is 11.5 Å². The van der Waals surface area contributed by atoms with Gasteiger partial charge in [-0.3, -0.25) is 4.79 Å². The van der Waals surface area contributed by atoms with E-state index in [0.29, 0.717) is 22.5 Å². The zero-order valence-corrected chi connectivity index (χ0v) is 13.7. The van der Waals surface area contributed by atoms with Gasteiger partial charge in [-0.25, -0.2) is 4.79 Å². The van der Waals surface area contributed by atoms with Crippen molar-refractivity contribution < 1.29 is 24.2 Å². The highest BCUT2D eigenvalue weighted by atomic mass is 16.6. The van der Waals surface area contributed by atoms with Gasteiger partial charge >= 0.3 is 5.97 Å². The lowest BCUT2D eigenvalue weighted by molar-refractivity contribution is -0.146. The van der Waals surface area contributed by atoms with Gasteiger partial charge < -0.3 is 14.6 Å². The first-order valence-corrected chi connectivity index (χ1v) is 7.30. The molecule has 0 saturated heterocycles. The van der Waals surface area contributed by atoms with Crippen molar-refractivity contribution in [1.29, 1.82) is 0 Å². The van der Waals surface area contributed by atoms with Gasteiger partial charge in [-0.1, -0.05) is 12.7 Å². The second-order valence-corrected chi connectivity index (χ2v) is 5.65. The van der Waals surface area contributed by atoms with E-state index in [1.807, 2.05) is 0 Å². The van der Waals surface area contributed by atoms with Gasteiger partial charge in [-0.2, -0.15) is 0 Å². The molecule has 1 heterocycles. The molecule has 0 bridgehead atoms. The first-order chi connectivity index (χ1) is 10.8. The van der Waals surface area contributed by atoms with E-state index in [4.69, 9.17) is 9.47 Å². The molecule has 1 aromatic rings. The van der Waals surface area contributed by atoms with Crippen LogP contribution in [0.2, 0.25) is 0 Å². The highest BCUT2D eigenvalue weighted by molar-refractivity contribution is 5.97. The van der Waals surface area contributed by atoms with Crippen LogP contribution in [0.1, 0.15) is 49.7 Å². The monoisotopic (exact) mass is 316 g/mol. The lowest BCUT2D eigenvalue weighted by atomic mass is 9.99. The molecule has 1 aliphatic heterocycles. The van der Waals surface area contributed by atoms with Gasteiger partial charge in [0.15, 0.2) is 18.0 Å². The molecule has 0 spiro atoms. The van der Waals surface area contributed by atoms with E-state index >= 15 is 0 Å². The number of Topliss-reactive ketones (excluding diaryl/α,β-unsaturated/α-hetero) is 1. The molecule has 0 amide bonds. The zero-order valence-electron chi connectivity index (χ0n) is 13.7. The molecule has 5 nitrogen and oxygen atoms in total. The number of ether oxygens (including phenoxy) is 2. The normalized spacial score (nSPS) is 19.7. The largest absolute Gasteiger partial charge is 0.507 e. The molecule has 0 saturated carbocycles. The maximum Gasteiger partial charge on any atom is 0.334 e. The van der Waals surface area contributed by atoms with Gasteiger partial charge in [0, 0.05) is 11.1 Å². The Morgan fingerprint density at radius 2 is 1.96 bits per heavy atom. The van der Waals surface area contributed by atoms with Crippen LogP contribution in [-0.2, 0) is 9.53 Å². The maximum atomic E-state index is 12.1. The Labute approximate surface area is 135 Å². The third-order valence-electron chi connectivity index (χ3n) is 3.82. The predicted octanol–water partition coefficient (Wildman–Crippen LogP) is 3.48. The molecular formula is C18H20O5. The number of benzene rings is 1. The molecule has 2 rings (SSSR count). The topological polar surface area (TPSA) is 72.8 Å². The fraction of sp³-hybridized carbons (Fsp3) is 0.333. The number of rotatable bonds is 4. The van der Waals surface area contributed by atoms with Crippen LogP contribution < -0.4 is 4.74 Å². The zero-order chi connectivity index (χ0) is 17.3. The third kappa shape index (κ3) is 3.13. The number of phenols is 1. The van der Waals surface area contributed by atoms with Crippen molar-refractivity contribution in [2.24, 2.45) is 0 Å². The lowest BCUT2D eigenvalue weighted by Crippen LogP contribution is -2.24. The summed E-state index contributed by atoms with van der Waals surface area (Å²) in [6.45, 7) is 10.4. The smallest absolute Gasteiger partial charge is 0.334 e. The Morgan fingerprint density at radius 1 is 1.30 bits per heavy atom. The fourth-order valence-electron chi connectivity index (χ4n) is 2.36. The summed E-state index contributed by atoms with van der Waals surface area (Å²) in [6.07, 6.45) is 0.391. The number of aromatic hydroxyl groups is 1. The maximum absolute atomic E-state index is 12.1. The molecule has 23 heavy (non-hydrogen) atoms. The lowest BCUT2D eigenvalue weighted by Gasteiger charge is -2.19. The Hall–Kier alpha value is -2.56. The number of hydrogen-bond donors (Lipinski definition) is 1. The molecular weight excluding hydrogens is 296 g/mol. The van der Waals surface area contributed by atoms with Crippen molar-refractivity contribution in [3.05, 3.63) is 47.1 Å². The minimum absolute atomic E-state index is 0.161. The molecule has 1 aromatic carbocycles. The quantitative estimate of drug-likeness (QED) is 0.398. The Bertz CT molecular complexity index is 714. The SMILES string of the molecule is C=C(C)[C@@H]1Oc2cc(C(C)=O)c(O)cc2[C@H]1OC(=O)/C(C)=C\C. The van der Waals surface area contributed by atoms with Crippen LogP contribution in [0.3, 0.4) is 0 Å². The van der Waals surface area contributed by atoms with E-state index in [2.05, 4.69) is 6.58 Å². The standard InChI is InChI=1S/C18H20O5/c1-6-10(4)18(21)23-17-13-7-14(20)12(11(5)19)8-15(13)22-16(17)9(2)3/h6-8,16-17,20H,2H2,1,3-5H3/b10-6-/t16-,17+/m0/s1. The molecule has 0 unspecified atom stereocenters. The van der Waals surface area contributed by atoms with Crippen LogP contribution in [0.4, 0.5) is 0 Å². The fourth-order valence-corrected chi connectivity index (χ4v) is 2.36. The Morgan fingerprint density at radius 3 is 2.48 bits per heavy atom. The summed E-state index contributed by atoms with van der Waals surface area (Å²) in [7, 11) is 0. The van der Waals surface area contributed by atoms with Crippen molar-refractivity contribution in [1.82, 2.24) is 0 Å². The number of esters is 1. The Kier molecular flexibility index (Phi) is 4.59. The molecule has 2 atom stereocenters. The number of carbonyl (C=O) groups excluding carboxylic acids is 2. The van der Waals surface area contributed by atoms with E-state index in [-0.39, 0.29) is 17.1 Å². The highest BCUT2D eigenvalue weighted by Crippen LogP contribution is 2.44. The minimum atomic E-state index is -0.711. The summed E-state index contributed by atoms with van der Waals surface area (Å²) in [5.41, 5.74) is 1.85. The van der Waals surface area contributed by atoms with Crippen LogP contribution in [0.15, 0.2) is 35.9 Å². The summed E-state index contributed by atoms with van der Waals surface area (Å²) < 4.78 is 11.3. The van der Waals surface area contributed by atoms with Gasteiger partial charge in [0.1, 0.15) is 11.5 Å². The number of carbonyl (C=O) groups is 2. The van der Waals surface area contributed by atoms with Gasteiger partial charge in [-0.05, 0) is 45.4 Å². The van der Waals surface area contributed by atoms with Crippen molar-refractivity contribution in [3.8, 4) is 11.5 Å². The van der Waals surface area contributed by atoms with E-state index in [1.54, 1.807) is 26.8 Å². The summed E-state index contributed by atoms with van der Waals surface area (Å²) in [4.78, 5) is 23.6. The average molecular weight is 316 g/mol. The number of fused-ring (bicyclic) bond motifs is 1. The van der Waals surface area contributed by atoms with Crippen LogP contribution >= 0.6 is 0 Å². The first kappa shape index (κ1) is 16.8. The number of hydrogen-bond acceptors (Lipinski definition) is 5. The highest BCUT2D eigenvalue weighted by Gasteiger charge is 2.39. The van der Waals surface area contributed by atoms with Crippen LogP contribution in [-0.4, -0.2) is 23.0 Å². The van der Waals surface area contributed by atoms with E-state index in [0.717, 1.165) is 0 Å². The molecule has 1 aliphatic rings. The van der Waals surface area contributed by atoms with E-state index in [1.165, 1.54) is 19.1 Å². The number of allylic oxidation sites excluding steroid dienone is 1. The Balaban J connectivity index is 2.45. The van der Waals surface area contributed by atoms with E-state index in [9.17, 15) is 14.7 Å². The molecule has 0 aromatic heterocycles. The number of phenolic OH excluding ortho intramolecular Hbond substituents is 1. The minimum Gasteiger partial charge on any atom is -0.507 e. The van der Waals surface area contributed by atoms with Gasteiger partial charge in [-0.15, -0.1) is 0 Å². The second kappa shape index (κ2) is 6.28. The van der Waals surface area contributed by atoms with Crippen molar-refractivity contribution >= 4 is 11.8 Å². The van der Waals surface area contributed by atoms with Gasteiger partial charge in [0.2, 0.25) is 0 Å². The van der Waals surface area contributed by atoms with Gasteiger partial charge in [0.25, 0.3) is 0 Å². The third-order valence-corrected chi connectivity index (χ3v) is 3.82. The predicted molar refractivity (Wildman–Crippen MR) is 85.6 cm³/mol. The van der Waals surface area contributed by atoms with Crippen molar-refractivity contribution in [2.45, 2.75) is 39.9 Å². The van der Waals surface area contributed by atoms with Crippen LogP contribution in [0, 0.1) is 0 Å². The molecule has 0 aliphatic carbocycles. The van der Waals surface area contributed by atoms with E-state index < -0.39 is 18.2 Å². The summed E-state index contributed by atoms with van der Waals surface area (Å²) in [6, 6.07) is 2.89.